The zero-order valence-corrected chi connectivity index (χ0v) is 12.3. The van der Waals surface area contributed by atoms with Crippen LogP contribution in [0.4, 0.5) is 5.82 Å². The van der Waals surface area contributed by atoms with E-state index in [1.165, 1.54) is 0 Å². The van der Waals surface area contributed by atoms with Crippen LogP contribution in [0.1, 0.15) is 17.7 Å². The first-order valence-corrected chi connectivity index (χ1v) is 7.27. The van der Waals surface area contributed by atoms with Crippen LogP contribution in [0.5, 0.6) is 0 Å². The fourth-order valence-electron chi connectivity index (χ4n) is 2.76. The van der Waals surface area contributed by atoms with E-state index in [0.29, 0.717) is 0 Å². The normalized spacial score (nSPS) is 15.1. The quantitative estimate of drug-likeness (QED) is 0.838. The van der Waals surface area contributed by atoms with E-state index in [-0.39, 0.29) is 0 Å². The van der Waals surface area contributed by atoms with E-state index in [1.807, 2.05) is 16.8 Å². The number of pyridine rings is 1. The van der Waals surface area contributed by atoms with Crippen molar-refractivity contribution in [3.63, 3.8) is 0 Å². The summed E-state index contributed by atoms with van der Waals surface area (Å²) < 4.78 is 6.94. The summed E-state index contributed by atoms with van der Waals surface area (Å²) in [5.74, 6) is 0.743. The van der Waals surface area contributed by atoms with Gasteiger partial charge in [0.25, 0.3) is 0 Å². The summed E-state index contributed by atoms with van der Waals surface area (Å²) >= 11 is 0. The van der Waals surface area contributed by atoms with E-state index >= 15 is 0 Å². The molecule has 0 aromatic carbocycles. The first-order valence-electron chi connectivity index (χ1n) is 7.27. The third-order valence-electron chi connectivity index (χ3n) is 3.88. The molecule has 2 N–H and O–H groups in total. The Balaban J connectivity index is 1.78. The van der Waals surface area contributed by atoms with Crippen molar-refractivity contribution in [3.8, 4) is 5.69 Å². The van der Waals surface area contributed by atoms with Gasteiger partial charge >= 0.3 is 0 Å². The average molecular weight is 287 g/mol. The molecule has 6 nitrogen and oxygen atoms in total. The number of anilines is 1. The maximum absolute atomic E-state index is 6.30. The van der Waals surface area contributed by atoms with Crippen LogP contribution in [0.15, 0.2) is 24.5 Å². The van der Waals surface area contributed by atoms with Crippen molar-refractivity contribution in [2.24, 2.45) is 0 Å². The Labute approximate surface area is 124 Å². The number of hydrogen-bond acceptors (Lipinski definition) is 5. The monoisotopic (exact) mass is 287 g/mol. The van der Waals surface area contributed by atoms with Crippen LogP contribution in [-0.4, -0.2) is 46.5 Å². The summed E-state index contributed by atoms with van der Waals surface area (Å²) in [4.78, 5) is 6.45. The summed E-state index contributed by atoms with van der Waals surface area (Å²) in [5, 5.41) is 4.66. The molecule has 0 spiro atoms. The molecule has 2 aromatic heterocycles. The highest BCUT2D eigenvalue weighted by Crippen LogP contribution is 2.26. The third kappa shape index (κ3) is 2.91. The molecule has 0 unspecified atom stereocenters. The zero-order valence-electron chi connectivity index (χ0n) is 12.3. The van der Waals surface area contributed by atoms with Crippen molar-refractivity contribution in [3.05, 3.63) is 35.8 Å². The van der Waals surface area contributed by atoms with Gasteiger partial charge in [-0.25, -0.2) is 4.68 Å². The predicted octanol–water partition coefficient (Wildman–Crippen LogP) is 1.24. The Hall–Kier alpha value is -1.92. The molecule has 21 heavy (non-hydrogen) atoms. The Morgan fingerprint density at radius 3 is 2.90 bits per heavy atom. The molecule has 112 valence electrons. The van der Waals surface area contributed by atoms with E-state index in [4.69, 9.17) is 10.5 Å². The van der Waals surface area contributed by atoms with Crippen LogP contribution in [0.25, 0.3) is 5.69 Å². The van der Waals surface area contributed by atoms with E-state index in [0.717, 1.165) is 61.8 Å². The number of aromatic nitrogens is 3. The lowest BCUT2D eigenvalue weighted by atomic mass is 10.1. The maximum atomic E-state index is 6.30. The van der Waals surface area contributed by atoms with Crippen molar-refractivity contribution in [1.29, 1.82) is 0 Å². The van der Waals surface area contributed by atoms with E-state index in [2.05, 4.69) is 15.0 Å². The molecule has 3 rings (SSSR count). The smallest absolute Gasteiger partial charge is 0.132 e. The summed E-state index contributed by atoms with van der Waals surface area (Å²) in [6.45, 7) is 3.74. The van der Waals surface area contributed by atoms with Gasteiger partial charge in [-0.05, 0) is 18.6 Å². The topological polar surface area (TPSA) is 69.2 Å². The lowest BCUT2D eigenvalue weighted by molar-refractivity contribution is 0.167. The molecule has 1 aliphatic heterocycles. The molecule has 6 heteroatoms. The highest BCUT2D eigenvalue weighted by molar-refractivity contribution is 5.50. The van der Waals surface area contributed by atoms with E-state index < -0.39 is 0 Å². The first kappa shape index (κ1) is 14.0. The van der Waals surface area contributed by atoms with Gasteiger partial charge in [0.05, 0.1) is 11.4 Å². The first-order chi connectivity index (χ1) is 10.3. The molecule has 0 aliphatic carbocycles. The highest BCUT2D eigenvalue weighted by atomic mass is 16.5. The Morgan fingerprint density at radius 2 is 2.14 bits per heavy atom. The Bertz CT molecular complexity index is 596. The standard InChI is InChI=1S/C15H21N5O/c1-21-10-2-8-19-9-5-14-13(11-19)15(16)20(18-14)12-3-6-17-7-4-12/h3-4,6-7H,2,5,8-11,16H2,1H3. The lowest BCUT2D eigenvalue weighted by Crippen LogP contribution is -2.31. The molecule has 0 fully saturated rings. The molecule has 0 radical (unpaired) electrons. The SMILES string of the molecule is COCCCN1CCc2nn(-c3ccncc3)c(N)c2C1. The molecule has 0 saturated heterocycles. The molecule has 1 aliphatic rings. The number of nitrogen functional groups attached to an aromatic ring is 1. The van der Waals surface area contributed by atoms with Crippen molar-refractivity contribution in [2.75, 3.05) is 32.5 Å². The highest BCUT2D eigenvalue weighted by Gasteiger charge is 2.23. The fourth-order valence-corrected chi connectivity index (χ4v) is 2.76. The van der Waals surface area contributed by atoms with Gasteiger partial charge in [0.2, 0.25) is 0 Å². The van der Waals surface area contributed by atoms with E-state index in [9.17, 15) is 0 Å². The molecule has 0 atom stereocenters. The van der Waals surface area contributed by atoms with Gasteiger partial charge in [0.15, 0.2) is 0 Å². The Kier molecular flexibility index (Phi) is 4.17. The average Bonchev–Trinajstić information content (AvgIpc) is 2.85. The third-order valence-corrected chi connectivity index (χ3v) is 3.88. The summed E-state index contributed by atoms with van der Waals surface area (Å²) in [6.07, 6.45) is 5.51. The van der Waals surface area contributed by atoms with Crippen LogP contribution in [-0.2, 0) is 17.7 Å². The zero-order chi connectivity index (χ0) is 14.7. The minimum Gasteiger partial charge on any atom is -0.385 e. The lowest BCUT2D eigenvalue weighted by Gasteiger charge is -2.26. The Morgan fingerprint density at radius 1 is 1.33 bits per heavy atom. The van der Waals surface area contributed by atoms with Gasteiger partial charge in [-0.15, -0.1) is 0 Å². The number of methoxy groups -OCH3 is 1. The summed E-state index contributed by atoms with van der Waals surface area (Å²) in [7, 11) is 1.74. The van der Waals surface area contributed by atoms with Crippen LogP contribution in [0, 0.1) is 0 Å². The molecule has 0 saturated carbocycles. The molecular formula is C15H21N5O. The minimum atomic E-state index is 0.743. The second-order valence-corrected chi connectivity index (χ2v) is 5.30. The van der Waals surface area contributed by atoms with Crippen LogP contribution in [0.3, 0.4) is 0 Å². The fraction of sp³-hybridized carbons (Fsp3) is 0.467. The van der Waals surface area contributed by atoms with E-state index in [1.54, 1.807) is 19.5 Å². The second kappa shape index (κ2) is 6.24. The summed E-state index contributed by atoms with van der Waals surface area (Å²) in [6, 6.07) is 3.84. The van der Waals surface area contributed by atoms with Gasteiger partial charge in [0, 0.05) is 57.7 Å². The molecular weight excluding hydrogens is 266 g/mol. The number of hydrogen-bond donors (Lipinski definition) is 1. The van der Waals surface area contributed by atoms with Crippen LogP contribution < -0.4 is 5.73 Å². The van der Waals surface area contributed by atoms with Gasteiger partial charge in [0.1, 0.15) is 5.82 Å². The number of ether oxygens (including phenoxy) is 1. The summed E-state index contributed by atoms with van der Waals surface area (Å²) in [5.41, 5.74) is 9.54. The van der Waals surface area contributed by atoms with Crippen molar-refractivity contribution >= 4 is 5.82 Å². The van der Waals surface area contributed by atoms with Crippen molar-refractivity contribution in [2.45, 2.75) is 19.4 Å². The van der Waals surface area contributed by atoms with Crippen LogP contribution >= 0.6 is 0 Å². The van der Waals surface area contributed by atoms with Crippen molar-refractivity contribution in [1.82, 2.24) is 19.7 Å². The second-order valence-electron chi connectivity index (χ2n) is 5.30. The molecule has 3 heterocycles. The van der Waals surface area contributed by atoms with Crippen LogP contribution in [0.2, 0.25) is 0 Å². The molecule has 0 amide bonds. The number of nitrogens with zero attached hydrogens (tertiary/aromatic N) is 4. The van der Waals surface area contributed by atoms with Gasteiger partial charge in [-0.1, -0.05) is 0 Å². The number of rotatable bonds is 5. The molecule has 2 aromatic rings. The predicted molar refractivity (Wildman–Crippen MR) is 81.2 cm³/mol. The van der Waals surface area contributed by atoms with Gasteiger partial charge in [-0.3, -0.25) is 9.88 Å². The van der Waals surface area contributed by atoms with Gasteiger partial charge < -0.3 is 10.5 Å². The molecule has 0 bridgehead atoms. The number of fused-ring (bicyclic) bond motifs is 1. The largest absolute Gasteiger partial charge is 0.385 e. The maximum Gasteiger partial charge on any atom is 0.132 e. The minimum absolute atomic E-state index is 0.743. The van der Waals surface area contributed by atoms with Crippen molar-refractivity contribution < 1.29 is 4.74 Å². The number of nitrogens with two attached hydrogens (primary N) is 1. The van der Waals surface area contributed by atoms with Gasteiger partial charge in [-0.2, -0.15) is 5.10 Å².